The number of anilines is 2. The standard InChI is InChI=1S/C17H22N6/c1-10(2)15-20-16-12(7-8-18-16)17(21-15)19-14-9-13(22-23-14)11-5-3-4-6-11/h7-11H,3-6H2,1-2H3,(H3,18,19,20,21,22,23). The Morgan fingerprint density at radius 1 is 1.22 bits per heavy atom. The lowest BCUT2D eigenvalue weighted by atomic mass is 10.0. The highest BCUT2D eigenvalue weighted by atomic mass is 15.2. The van der Waals surface area contributed by atoms with E-state index in [-0.39, 0.29) is 5.92 Å². The van der Waals surface area contributed by atoms with Crippen molar-refractivity contribution in [3.8, 4) is 0 Å². The minimum Gasteiger partial charge on any atom is -0.346 e. The molecule has 23 heavy (non-hydrogen) atoms. The third-order valence-electron chi connectivity index (χ3n) is 4.59. The van der Waals surface area contributed by atoms with E-state index in [0.29, 0.717) is 5.92 Å². The molecule has 0 amide bonds. The molecule has 0 saturated heterocycles. The molecule has 1 aliphatic carbocycles. The van der Waals surface area contributed by atoms with Crippen molar-refractivity contribution < 1.29 is 0 Å². The topological polar surface area (TPSA) is 82.3 Å². The van der Waals surface area contributed by atoms with Crippen molar-refractivity contribution in [1.29, 1.82) is 0 Å². The number of nitrogens with zero attached hydrogens (tertiary/aromatic N) is 3. The van der Waals surface area contributed by atoms with Crippen LogP contribution >= 0.6 is 0 Å². The van der Waals surface area contributed by atoms with E-state index in [1.807, 2.05) is 12.3 Å². The Bertz CT molecular complexity index is 809. The first kappa shape index (κ1) is 14.2. The van der Waals surface area contributed by atoms with E-state index < -0.39 is 0 Å². The van der Waals surface area contributed by atoms with E-state index >= 15 is 0 Å². The maximum atomic E-state index is 4.68. The van der Waals surface area contributed by atoms with Crippen LogP contribution in [-0.4, -0.2) is 25.1 Å². The van der Waals surface area contributed by atoms with Gasteiger partial charge in [-0.15, -0.1) is 0 Å². The average Bonchev–Trinajstić information content (AvgIpc) is 3.27. The molecule has 0 aromatic carbocycles. The smallest absolute Gasteiger partial charge is 0.153 e. The molecule has 120 valence electrons. The van der Waals surface area contributed by atoms with Crippen molar-refractivity contribution in [1.82, 2.24) is 25.1 Å². The van der Waals surface area contributed by atoms with Gasteiger partial charge in [-0.25, -0.2) is 9.97 Å². The first-order valence-corrected chi connectivity index (χ1v) is 8.38. The van der Waals surface area contributed by atoms with Gasteiger partial charge in [0.1, 0.15) is 17.3 Å². The lowest BCUT2D eigenvalue weighted by molar-refractivity contribution is 0.693. The molecule has 0 unspecified atom stereocenters. The Balaban J connectivity index is 1.65. The summed E-state index contributed by atoms with van der Waals surface area (Å²) < 4.78 is 0. The number of aromatic nitrogens is 5. The van der Waals surface area contributed by atoms with Gasteiger partial charge >= 0.3 is 0 Å². The minimum atomic E-state index is 0.275. The highest BCUT2D eigenvalue weighted by Gasteiger charge is 2.19. The summed E-state index contributed by atoms with van der Waals surface area (Å²) in [7, 11) is 0. The van der Waals surface area contributed by atoms with Gasteiger partial charge in [-0.1, -0.05) is 26.7 Å². The Kier molecular flexibility index (Phi) is 3.52. The van der Waals surface area contributed by atoms with Crippen LogP contribution in [-0.2, 0) is 0 Å². The zero-order valence-electron chi connectivity index (χ0n) is 13.6. The quantitative estimate of drug-likeness (QED) is 0.674. The maximum Gasteiger partial charge on any atom is 0.153 e. The fourth-order valence-corrected chi connectivity index (χ4v) is 3.28. The number of hydrogen-bond donors (Lipinski definition) is 3. The molecule has 6 heteroatoms. The third kappa shape index (κ3) is 2.69. The number of rotatable bonds is 4. The molecule has 3 heterocycles. The van der Waals surface area contributed by atoms with E-state index in [4.69, 9.17) is 0 Å². The van der Waals surface area contributed by atoms with Gasteiger partial charge in [0.15, 0.2) is 5.82 Å². The normalized spacial score (nSPS) is 15.8. The number of fused-ring (bicyclic) bond motifs is 1. The fraction of sp³-hybridized carbons (Fsp3) is 0.471. The van der Waals surface area contributed by atoms with Gasteiger partial charge in [0.2, 0.25) is 0 Å². The molecule has 3 N–H and O–H groups in total. The van der Waals surface area contributed by atoms with Crippen LogP contribution in [0, 0.1) is 0 Å². The summed E-state index contributed by atoms with van der Waals surface area (Å²) in [4.78, 5) is 12.4. The molecule has 0 spiro atoms. The maximum absolute atomic E-state index is 4.68. The van der Waals surface area contributed by atoms with Crippen molar-refractivity contribution in [2.75, 3.05) is 5.32 Å². The number of aromatic amines is 2. The van der Waals surface area contributed by atoms with Crippen molar-refractivity contribution in [3.63, 3.8) is 0 Å². The second-order valence-electron chi connectivity index (χ2n) is 6.64. The molecule has 1 aliphatic rings. The van der Waals surface area contributed by atoms with Gasteiger partial charge in [-0.3, -0.25) is 5.10 Å². The van der Waals surface area contributed by atoms with Crippen LogP contribution in [0.2, 0.25) is 0 Å². The van der Waals surface area contributed by atoms with E-state index in [1.165, 1.54) is 31.4 Å². The first-order chi connectivity index (χ1) is 11.2. The minimum absolute atomic E-state index is 0.275. The van der Waals surface area contributed by atoms with Crippen LogP contribution in [0.15, 0.2) is 18.3 Å². The molecule has 3 aromatic rings. The Morgan fingerprint density at radius 2 is 2.04 bits per heavy atom. The number of hydrogen-bond acceptors (Lipinski definition) is 4. The third-order valence-corrected chi connectivity index (χ3v) is 4.59. The Morgan fingerprint density at radius 3 is 2.83 bits per heavy atom. The summed E-state index contributed by atoms with van der Waals surface area (Å²) >= 11 is 0. The lowest BCUT2D eigenvalue weighted by Crippen LogP contribution is -2.02. The monoisotopic (exact) mass is 310 g/mol. The fourth-order valence-electron chi connectivity index (χ4n) is 3.28. The Hall–Kier alpha value is -2.37. The first-order valence-electron chi connectivity index (χ1n) is 8.38. The summed E-state index contributed by atoms with van der Waals surface area (Å²) in [6.45, 7) is 4.20. The van der Waals surface area contributed by atoms with Crippen molar-refractivity contribution in [3.05, 3.63) is 29.8 Å². The van der Waals surface area contributed by atoms with Crippen LogP contribution in [0.25, 0.3) is 11.0 Å². The van der Waals surface area contributed by atoms with Gasteiger partial charge in [0.25, 0.3) is 0 Å². The van der Waals surface area contributed by atoms with Gasteiger partial charge in [-0.05, 0) is 18.9 Å². The van der Waals surface area contributed by atoms with E-state index in [0.717, 1.165) is 28.5 Å². The van der Waals surface area contributed by atoms with Crippen LogP contribution in [0.4, 0.5) is 11.6 Å². The van der Waals surface area contributed by atoms with Crippen LogP contribution in [0.3, 0.4) is 0 Å². The van der Waals surface area contributed by atoms with Crippen LogP contribution in [0.1, 0.15) is 62.9 Å². The highest BCUT2D eigenvalue weighted by molar-refractivity contribution is 5.88. The SMILES string of the molecule is CC(C)c1nc(Nc2cc(C3CCCC3)[nH]n2)c2cc[nH]c2n1. The molecule has 3 aromatic heterocycles. The lowest BCUT2D eigenvalue weighted by Gasteiger charge is -2.08. The average molecular weight is 310 g/mol. The van der Waals surface area contributed by atoms with Gasteiger partial charge in [-0.2, -0.15) is 5.10 Å². The molecule has 6 nitrogen and oxygen atoms in total. The molecular weight excluding hydrogens is 288 g/mol. The second-order valence-corrected chi connectivity index (χ2v) is 6.64. The molecule has 1 fully saturated rings. The molecule has 1 saturated carbocycles. The zero-order valence-corrected chi connectivity index (χ0v) is 13.6. The summed E-state index contributed by atoms with van der Waals surface area (Å²) in [6, 6.07) is 4.11. The van der Waals surface area contributed by atoms with E-state index in [2.05, 4.69) is 50.4 Å². The van der Waals surface area contributed by atoms with Gasteiger partial charge in [0, 0.05) is 29.8 Å². The van der Waals surface area contributed by atoms with Crippen LogP contribution in [0.5, 0.6) is 0 Å². The second kappa shape index (κ2) is 5.68. The van der Waals surface area contributed by atoms with E-state index in [9.17, 15) is 0 Å². The largest absolute Gasteiger partial charge is 0.346 e. The van der Waals surface area contributed by atoms with Crippen LogP contribution < -0.4 is 5.32 Å². The zero-order chi connectivity index (χ0) is 15.8. The highest BCUT2D eigenvalue weighted by Crippen LogP contribution is 2.34. The Labute approximate surface area is 135 Å². The predicted octanol–water partition coefficient (Wildman–Crippen LogP) is 4.21. The van der Waals surface area contributed by atoms with Crippen molar-refractivity contribution in [2.45, 2.75) is 51.4 Å². The predicted molar refractivity (Wildman–Crippen MR) is 91.1 cm³/mol. The molecule has 0 bridgehead atoms. The van der Waals surface area contributed by atoms with Gasteiger partial charge in [0.05, 0.1) is 5.39 Å². The summed E-state index contributed by atoms with van der Waals surface area (Å²) in [5, 5.41) is 11.9. The van der Waals surface area contributed by atoms with Gasteiger partial charge < -0.3 is 10.3 Å². The summed E-state index contributed by atoms with van der Waals surface area (Å²) in [6.07, 6.45) is 7.05. The molecular formula is C17H22N6. The molecule has 4 rings (SSSR count). The van der Waals surface area contributed by atoms with Crippen molar-refractivity contribution in [2.24, 2.45) is 0 Å². The molecule has 0 aliphatic heterocycles. The van der Waals surface area contributed by atoms with E-state index in [1.54, 1.807) is 0 Å². The summed E-state index contributed by atoms with van der Waals surface area (Å²) in [5.41, 5.74) is 2.09. The molecule has 0 atom stereocenters. The van der Waals surface area contributed by atoms with Crippen molar-refractivity contribution >= 4 is 22.7 Å². The molecule has 0 radical (unpaired) electrons. The number of H-pyrrole nitrogens is 2. The summed E-state index contributed by atoms with van der Waals surface area (Å²) in [5.74, 6) is 3.36. The number of nitrogens with one attached hydrogen (secondary N) is 3.